The minimum Gasteiger partial charge on any atom is -0.339 e. The van der Waals surface area contributed by atoms with E-state index in [1.54, 1.807) is 12.1 Å². The summed E-state index contributed by atoms with van der Waals surface area (Å²) in [5.74, 6) is 0.408. The van der Waals surface area contributed by atoms with Gasteiger partial charge in [0.25, 0.3) is 0 Å². The smallest absolute Gasteiger partial charge is 0.321 e. The summed E-state index contributed by atoms with van der Waals surface area (Å²) in [4.78, 5) is 30.2. The molecule has 1 aliphatic heterocycles. The number of aromatic nitrogens is 2. The molecule has 1 fully saturated rings. The Balaban J connectivity index is 1.54. The van der Waals surface area contributed by atoms with Crippen molar-refractivity contribution in [3.8, 4) is 11.4 Å². The number of nitrogens with one attached hydrogen (secondary N) is 2. The summed E-state index contributed by atoms with van der Waals surface area (Å²) in [6, 6.07) is 5.56. The minimum absolute atomic E-state index is 0.0128. The Labute approximate surface area is 168 Å². The Morgan fingerprint density at radius 1 is 1.38 bits per heavy atom. The van der Waals surface area contributed by atoms with Crippen LogP contribution in [0.3, 0.4) is 0 Å². The molecular weight excluding hydrogens is 377 g/mol. The van der Waals surface area contributed by atoms with Crippen LogP contribution < -0.4 is 10.6 Å². The highest BCUT2D eigenvalue weighted by molar-refractivity contribution is 5.95. The van der Waals surface area contributed by atoms with Crippen molar-refractivity contribution < 1.29 is 18.5 Å². The van der Waals surface area contributed by atoms with Crippen molar-refractivity contribution >= 4 is 11.9 Å². The fourth-order valence-corrected chi connectivity index (χ4v) is 3.26. The van der Waals surface area contributed by atoms with Crippen LogP contribution in [0.5, 0.6) is 0 Å². The number of hydrogen-bond donors (Lipinski definition) is 2. The second-order valence-corrected chi connectivity index (χ2v) is 7.69. The Kier molecular flexibility index (Phi) is 6.92. The molecule has 1 atom stereocenters. The maximum absolute atomic E-state index is 13.4. The maximum Gasteiger partial charge on any atom is 0.321 e. The average Bonchev–Trinajstić information content (AvgIpc) is 3.17. The number of benzene rings is 1. The molecule has 156 valence electrons. The van der Waals surface area contributed by atoms with E-state index in [-0.39, 0.29) is 24.2 Å². The van der Waals surface area contributed by atoms with Gasteiger partial charge in [0.2, 0.25) is 17.6 Å². The molecule has 3 amide bonds. The van der Waals surface area contributed by atoms with Gasteiger partial charge in [-0.15, -0.1) is 0 Å². The number of nitrogens with zero attached hydrogens (tertiary/aromatic N) is 3. The largest absolute Gasteiger partial charge is 0.339 e. The summed E-state index contributed by atoms with van der Waals surface area (Å²) in [7, 11) is 0. The minimum atomic E-state index is -0.478. The number of rotatable bonds is 6. The molecule has 0 spiro atoms. The van der Waals surface area contributed by atoms with Crippen molar-refractivity contribution in [1.82, 2.24) is 25.7 Å². The zero-order chi connectivity index (χ0) is 20.8. The van der Waals surface area contributed by atoms with Crippen LogP contribution in [-0.4, -0.2) is 53.2 Å². The molecule has 0 aliphatic carbocycles. The summed E-state index contributed by atoms with van der Waals surface area (Å²) < 4.78 is 18.8. The molecule has 0 radical (unpaired) electrons. The summed E-state index contributed by atoms with van der Waals surface area (Å²) in [6.45, 7) is 5.92. The van der Waals surface area contributed by atoms with Gasteiger partial charge in [-0.05, 0) is 37.4 Å². The summed E-state index contributed by atoms with van der Waals surface area (Å²) >= 11 is 0. The van der Waals surface area contributed by atoms with E-state index in [0.29, 0.717) is 36.3 Å². The predicted molar refractivity (Wildman–Crippen MR) is 104 cm³/mol. The number of halogens is 1. The van der Waals surface area contributed by atoms with E-state index in [1.165, 1.54) is 12.1 Å². The lowest BCUT2D eigenvalue weighted by molar-refractivity contribution is -0.121. The maximum atomic E-state index is 13.4. The zero-order valence-corrected chi connectivity index (χ0v) is 16.7. The van der Waals surface area contributed by atoms with Crippen molar-refractivity contribution in [3.63, 3.8) is 0 Å². The van der Waals surface area contributed by atoms with E-state index in [2.05, 4.69) is 20.8 Å². The fourth-order valence-electron chi connectivity index (χ4n) is 3.26. The van der Waals surface area contributed by atoms with Crippen LogP contribution in [0.25, 0.3) is 11.4 Å². The standard InChI is InChI=1S/C20H26FN5O3/c1-13(2)10-22-20(28)23-17(27)12-26-8-4-6-15(11-26)19-24-18(25-29-19)14-5-3-7-16(21)9-14/h3,5,7,9,13,15H,4,6,8,10-12H2,1-2H3,(H2,22,23,27,28). The number of imide groups is 1. The number of amides is 3. The van der Waals surface area contributed by atoms with Crippen molar-refractivity contribution in [2.75, 3.05) is 26.2 Å². The van der Waals surface area contributed by atoms with E-state index in [4.69, 9.17) is 4.52 Å². The van der Waals surface area contributed by atoms with Gasteiger partial charge in [0, 0.05) is 18.7 Å². The third-order valence-electron chi connectivity index (χ3n) is 4.67. The third kappa shape index (κ3) is 6.08. The molecule has 3 rings (SSSR count). The van der Waals surface area contributed by atoms with Gasteiger partial charge in [0.15, 0.2) is 0 Å². The van der Waals surface area contributed by atoms with Gasteiger partial charge < -0.3 is 9.84 Å². The Morgan fingerprint density at radius 2 is 2.21 bits per heavy atom. The quantitative estimate of drug-likeness (QED) is 0.769. The average molecular weight is 403 g/mol. The number of carbonyl (C=O) groups excluding carboxylic acids is 2. The lowest BCUT2D eigenvalue weighted by Gasteiger charge is -2.30. The van der Waals surface area contributed by atoms with E-state index >= 15 is 0 Å². The van der Waals surface area contributed by atoms with Crippen molar-refractivity contribution in [1.29, 1.82) is 0 Å². The molecule has 2 heterocycles. The summed E-state index contributed by atoms with van der Waals surface area (Å²) in [6.07, 6.45) is 1.73. The Hall–Kier alpha value is -2.81. The molecule has 1 aromatic carbocycles. The van der Waals surface area contributed by atoms with E-state index in [9.17, 15) is 14.0 Å². The third-order valence-corrected chi connectivity index (χ3v) is 4.67. The van der Waals surface area contributed by atoms with E-state index < -0.39 is 6.03 Å². The van der Waals surface area contributed by atoms with Crippen LogP contribution >= 0.6 is 0 Å². The van der Waals surface area contributed by atoms with Crippen LogP contribution in [0.4, 0.5) is 9.18 Å². The van der Waals surface area contributed by atoms with Gasteiger partial charge in [0.05, 0.1) is 12.5 Å². The molecule has 8 nitrogen and oxygen atoms in total. The van der Waals surface area contributed by atoms with Crippen LogP contribution in [0.15, 0.2) is 28.8 Å². The molecular formula is C20H26FN5O3. The lowest BCUT2D eigenvalue weighted by atomic mass is 9.98. The molecule has 2 N–H and O–H groups in total. The molecule has 0 saturated carbocycles. The van der Waals surface area contributed by atoms with Crippen LogP contribution in [0, 0.1) is 11.7 Å². The summed E-state index contributed by atoms with van der Waals surface area (Å²) in [5.41, 5.74) is 0.555. The van der Waals surface area contributed by atoms with Gasteiger partial charge in [0.1, 0.15) is 5.82 Å². The molecule has 1 saturated heterocycles. The van der Waals surface area contributed by atoms with Crippen molar-refractivity contribution in [2.24, 2.45) is 5.92 Å². The van der Waals surface area contributed by atoms with Gasteiger partial charge >= 0.3 is 6.03 Å². The Morgan fingerprint density at radius 3 is 2.97 bits per heavy atom. The Bertz CT molecular complexity index is 854. The highest BCUT2D eigenvalue weighted by Gasteiger charge is 2.27. The summed E-state index contributed by atoms with van der Waals surface area (Å²) in [5, 5.41) is 8.97. The molecule has 9 heteroatoms. The highest BCUT2D eigenvalue weighted by atomic mass is 19.1. The van der Waals surface area contributed by atoms with Gasteiger partial charge in [-0.2, -0.15) is 4.98 Å². The molecule has 1 unspecified atom stereocenters. The number of piperidine rings is 1. The number of urea groups is 1. The number of likely N-dealkylation sites (tertiary alicyclic amines) is 1. The van der Waals surface area contributed by atoms with Crippen LogP contribution in [0.2, 0.25) is 0 Å². The van der Waals surface area contributed by atoms with Crippen molar-refractivity contribution in [2.45, 2.75) is 32.6 Å². The van der Waals surface area contributed by atoms with E-state index in [0.717, 1.165) is 19.4 Å². The monoisotopic (exact) mass is 403 g/mol. The van der Waals surface area contributed by atoms with Crippen LogP contribution in [-0.2, 0) is 4.79 Å². The van der Waals surface area contributed by atoms with Gasteiger partial charge in [-0.1, -0.05) is 31.1 Å². The number of carbonyl (C=O) groups is 2. The number of hydrogen-bond acceptors (Lipinski definition) is 6. The van der Waals surface area contributed by atoms with Gasteiger partial charge in [-0.3, -0.25) is 15.0 Å². The molecule has 2 aromatic rings. The molecule has 0 bridgehead atoms. The first-order valence-electron chi connectivity index (χ1n) is 9.80. The fraction of sp³-hybridized carbons (Fsp3) is 0.500. The second-order valence-electron chi connectivity index (χ2n) is 7.69. The normalized spacial score (nSPS) is 17.3. The molecule has 29 heavy (non-hydrogen) atoms. The van der Waals surface area contributed by atoms with E-state index in [1.807, 2.05) is 18.7 Å². The molecule has 1 aromatic heterocycles. The first-order chi connectivity index (χ1) is 13.9. The first-order valence-corrected chi connectivity index (χ1v) is 9.80. The van der Waals surface area contributed by atoms with Crippen LogP contribution in [0.1, 0.15) is 38.5 Å². The van der Waals surface area contributed by atoms with Crippen molar-refractivity contribution in [3.05, 3.63) is 36.0 Å². The topological polar surface area (TPSA) is 100 Å². The predicted octanol–water partition coefficient (Wildman–Crippen LogP) is 2.54. The first kappa shape index (κ1) is 20.9. The van der Waals surface area contributed by atoms with Gasteiger partial charge in [-0.25, -0.2) is 9.18 Å². The second kappa shape index (κ2) is 9.60. The molecule has 1 aliphatic rings. The SMILES string of the molecule is CC(C)CNC(=O)NC(=O)CN1CCCC(c2nc(-c3cccc(F)c3)no2)C1. The zero-order valence-electron chi connectivity index (χ0n) is 16.7. The lowest BCUT2D eigenvalue weighted by Crippen LogP contribution is -2.47. The highest BCUT2D eigenvalue weighted by Crippen LogP contribution is 2.27.